The molecule has 0 atom stereocenters. The van der Waals surface area contributed by atoms with E-state index in [4.69, 9.17) is 10.9 Å². The highest BCUT2D eigenvalue weighted by Gasteiger charge is 2.36. The minimum Gasteiger partial charge on any atom is -0.409 e. The number of nitrogens with zero attached hydrogens (tertiary/aromatic N) is 1. The van der Waals surface area contributed by atoms with Gasteiger partial charge in [0.25, 0.3) is 0 Å². The number of rotatable bonds is 1. The monoisotopic (exact) mass is 128 g/mol. The summed E-state index contributed by atoms with van der Waals surface area (Å²) < 4.78 is 0. The lowest BCUT2D eigenvalue weighted by atomic mass is 9.70. The molecule has 1 aliphatic carbocycles. The van der Waals surface area contributed by atoms with Crippen LogP contribution in [0.25, 0.3) is 0 Å². The largest absolute Gasteiger partial charge is 0.409 e. The van der Waals surface area contributed by atoms with Crippen molar-refractivity contribution in [2.75, 3.05) is 0 Å². The number of amidine groups is 1. The molecule has 0 aromatic rings. The molecule has 3 heteroatoms. The summed E-state index contributed by atoms with van der Waals surface area (Å²) in [6, 6.07) is 0. The van der Waals surface area contributed by atoms with E-state index in [2.05, 4.69) is 5.16 Å². The molecule has 3 N–H and O–H groups in total. The first-order chi connectivity index (χ1) is 4.19. The van der Waals surface area contributed by atoms with Crippen LogP contribution < -0.4 is 5.73 Å². The molecular weight excluding hydrogens is 116 g/mol. The standard InChI is InChI=1S/C6H12N2O/c1-6(3-2-4-6)5(7)8-9/h9H,2-4H2,1H3,(H2,7,8). The first-order valence-corrected chi connectivity index (χ1v) is 3.17. The molecule has 52 valence electrons. The Morgan fingerprint density at radius 1 is 1.67 bits per heavy atom. The Bertz CT molecular complexity index is 138. The smallest absolute Gasteiger partial charge is 0.145 e. The molecule has 0 unspecified atom stereocenters. The molecule has 1 rings (SSSR count). The van der Waals surface area contributed by atoms with Gasteiger partial charge in [-0.05, 0) is 12.8 Å². The van der Waals surface area contributed by atoms with Gasteiger partial charge < -0.3 is 10.9 Å². The Morgan fingerprint density at radius 2 is 2.22 bits per heavy atom. The predicted octanol–water partition coefficient (Wildman–Crippen LogP) is 0.923. The van der Waals surface area contributed by atoms with Gasteiger partial charge in [0, 0.05) is 5.41 Å². The second kappa shape index (κ2) is 1.90. The summed E-state index contributed by atoms with van der Waals surface area (Å²) in [5.74, 6) is 0.383. The van der Waals surface area contributed by atoms with Crippen molar-refractivity contribution in [2.24, 2.45) is 16.3 Å². The lowest BCUT2D eigenvalue weighted by Gasteiger charge is -2.36. The summed E-state index contributed by atoms with van der Waals surface area (Å²) in [6.45, 7) is 2.02. The van der Waals surface area contributed by atoms with Crippen molar-refractivity contribution in [3.05, 3.63) is 0 Å². The van der Waals surface area contributed by atoms with E-state index >= 15 is 0 Å². The fourth-order valence-corrected chi connectivity index (χ4v) is 1.08. The number of nitrogens with two attached hydrogens (primary N) is 1. The number of hydrogen-bond acceptors (Lipinski definition) is 2. The van der Waals surface area contributed by atoms with Crippen LogP contribution in [0, 0.1) is 5.41 Å². The maximum Gasteiger partial charge on any atom is 0.145 e. The van der Waals surface area contributed by atoms with E-state index in [-0.39, 0.29) is 5.41 Å². The summed E-state index contributed by atoms with van der Waals surface area (Å²) in [5.41, 5.74) is 5.42. The zero-order valence-corrected chi connectivity index (χ0v) is 5.59. The molecule has 0 aromatic carbocycles. The minimum atomic E-state index is 0.00868. The van der Waals surface area contributed by atoms with Crippen molar-refractivity contribution in [1.82, 2.24) is 0 Å². The van der Waals surface area contributed by atoms with Crippen LogP contribution in [-0.2, 0) is 0 Å². The normalized spacial score (nSPS) is 25.2. The molecule has 0 heterocycles. The number of hydrogen-bond donors (Lipinski definition) is 2. The van der Waals surface area contributed by atoms with Gasteiger partial charge in [0.15, 0.2) is 0 Å². The third-order valence-corrected chi connectivity index (χ3v) is 2.18. The molecule has 0 aromatic heterocycles. The predicted molar refractivity (Wildman–Crippen MR) is 35.4 cm³/mol. The molecule has 0 amide bonds. The van der Waals surface area contributed by atoms with Gasteiger partial charge in [-0.15, -0.1) is 0 Å². The molecule has 9 heavy (non-hydrogen) atoms. The average molecular weight is 128 g/mol. The zero-order valence-electron chi connectivity index (χ0n) is 5.59. The van der Waals surface area contributed by atoms with Crippen molar-refractivity contribution >= 4 is 5.84 Å². The summed E-state index contributed by atoms with van der Waals surface area (Å²) in [4.78, 5) is 0. The lowest BCUT2D eigenvalue weighted by molar-refractivity contribution is 0.239. The van der Waals surface area contributed by atoms with E-state index in [9.17, 15) is 0 Å². The van der Waals surface area contributed by atoms with Gasteiger partial charge in [0.1, 0.15) is 5.84 Å². The zero-order chi connectivity index (χ0) is 6.91. The summed E-state index contributed by atoms with van der Waals surface area (Å²) in [6.07, 6.45) is 3.32. The van der Waals surface area contributed by atoms with Gasteiger partial charge in [-0.1, -0.05) is 18.5 Å². The Morgan fingerprint density at radius 3 is 2.33 bits per heavy atom. The van der Waals surface area contributed by atoms with Crippen molar-refractivity contribution in [1.29, 1.82) is 0 Å². The van der Waals surface area contributed by atoms with Crippen LogP contribution in [0.5, 0.6) is 0 Å². The fraction of sp³-hybridized carbons (Fsp3) is 0.833. The lowest BCUT2D eigenvalue weighted by Crippen LogP contribution is -2.40. The molecule has 1 fully saturated rings. The van der Waals surface area contributed by atoms with Gasteiger partial charge >= 0.3 is 0 Å². The van der Waals surface area contributed by atoms with Crippen LogP contribution in [0.3, 0.4) is 0 Å². The van der Waals surface area contributed by atoms with Crippen LogP contribution in [0.4, 0.5) is 0 Å². The maximum atomic E-state index is 8.30. The van der Waals surface area contributed by atoms with Crippen molar-refractivity contribution in [3.63, 3.8) is 0 Å². The van der Waals surface area contributed by atoms with Crippen LogP contribution in [-0.4, -0.2) is 11.0 Å². The first kappa shape index (κ1) is 6.39. The Labute approximate surface area is 54.5 Å². The van der Waals surface area contributed by atoms with Crippen LogP contribution in [0.15, 0.2) is 5.16 Å². The molecule has 0 spiro atoms. The summed E-state index contributed by atoms with van der Waals surface area (Å²) >= 11 is 0. The molecule has 3 nitrogen and oxygen atoms in total. The molecule has 0 aliphatic heterocycles. The van der Waals surface area contributed by atoms with Crippen LogP contribution in [0.1, 0.15) is 26.2 Å². The third-order valence-electron chi connectivity index (χ3n) is 2.18. The maximum absolute atomic E-state index is 8.30. The van der Waals surface area contributed by atoms with Crippen molar-refractivity contribution in [3.8, 4) is 0 Å². The van der Waals surface area contributed by atoms with E-state index in [1.165, 1.54) is 6.42 Å². The third kappa shape index (κ3) is 0.866. The molecule has 0 bridgehead atoms. The SMILES string of the molecule is CC1(C(N)=NO)CCC1. The first-order valence-electron chi connectivity index (χ1n) is 3.17. The van der Waals surface area contributed by atoms with E-state index in [0.717, 1.165) is 12.8 Å². The van der Waals surface area contributed by atoms with Crippen molar-refractivity contribution < 1.29 is 5.21 Å². The molecule has 0 radical (unpaired) electrons. The van der Waals surface area contributed by atoms with Gasteiger partial charge in [0.05, 0.1) is 0 Å². The quantitative estimate of drug-likeness (QED) is 0.239. The second-order valence-corrected chi connectivity index (χ2v) is 2.90. The highest BCUT2D eigenvalue weighted by molar-refractivity contribution is 5.86. The Balaban J connectivity index is 2.59. The molecule has 1 saturated carbocycles. The van der Waals surface area contributed by atoms with E-state index in [0.29, 0.717) is 5.84 Å². The van der Waals surface area contributed by atoms with Crippen LogP contribution >= 0.6 is 0 Å². The number of oxime groups is 1. The van der Waals surface area contributed by atoms with Crippen LogP contribution in [0.2, 0.25) is 0 Å². The van der Waals surface area contributed by atoms with Crippen molar-refractivity contribution in [2.45, 2.75) is 26.2 Å². The minimum absolute atomic E-state index is 0.00868. The highest BCUT2D eigenvalue weighted by atomic mass is 16.4. The fourth-order valence-electron chi connectivity index (χ4n) is 1.08. The van der Waals surface area contributed by atoms with E-state index in [1.54, 1.807) is 0 Å². The topological polar surface area (TPSA) is 58.6 Å². The summed E-state index contributed by atoms with van der Waals surface area (Å²) in [5, 5.41) is 11.3. The van der Waals surface area contributed by atoms with Gasteiger partial charge in [-0.2, -0.15) is 0 Å². The van der Waals surface area contributed by atoms with E-state index in [1.807, 2.05) is 6.92 Å². The molecular formula is C6H12N2O. The molecule has 0 saturated heterocycles. The van der Waals surface area contributed by atoms with Gasteiger partial charge in [-0.3, -0.25) is 0 Å². The molecule has 1 aliphatic rings. The Hall–Kier alpha value is -0.730. The van der Waals surface area contributed by atoms with E-state index < -0.39 is 0 Å². The Kier molecular flexibility index (Phi) is 1.35. The average Bonchev–Trinajstić information content (AvgIpc) is 1.81. The van der Waals surface area contributed by atoms with Gasteiger partial charge in [0.2, 0.25) is 0 Å². The van der Waals surface area contributed by atoms with Gasteiger partial charge in [-0.25, -0.2) is 0 Å². The second-order valence-electron chi connectivity index (χ2n) is 2.90. The summed E-state index contributed by atoms with van der Waals surface area (Å²) in [7, 11) is 0. The highest BCUT2D eigenvalue weighted by Crippen LogP contribution is 2.40.